The molecule has 1 aromatic heterocycles. The summed E-state index contributed by atoms with van der Waals surface area (Å²) in [6.07, 6.45) is 2.78. The van der Waals surface area contributed by atoms with E-state index >= 15 is 0 Å². The summed E-state index contributed by atoms with van der Waals surface area (Å²) in [6, 6.07) is 10.3. The zero-order valence-electron chi connectivity index (χ0n) is 9.78. The number of benzene rings is 1. The molecule has 0 aliphatic carbocycles. The monoisotopic (exact) mass is 249 g/mol. The quantitative estimate of drug-likeness (QED) is 0.854. The molecule has 1 aromatic carbocycles. The summed E-state index contributed by atoms with van der Waals surface area (Å²) >= 11 is 6.00. The summed E-state index contributed by atoms with van der Waals surface area (Å²) in [5.74, 6) is 0. The van der Waals surface area contributed by atoms with Crippen LogP contribution in [0.25, 0.3) is 0 Å². The second kappa shape index (κ2) is 5.84. The molecule has 0 bridgehead atoms. The number of hydrogen-bond donors (Lipinski definition) is 2. The van der Waals surface area contributed by atoms with Gasteiger partial charge >= 0.3 is 0 Å². The van der Waals surface area contributed by atoms with Gasteiger partial charge in [0.1, 0.15) is 0 Å². The fraction of sp³-hybridized carbons (Fsp3) is 0.308. The van der Waals surface area contributed by atoms with Crippen LogP contribution in [0, 0.1) is 0 Å². The van der Waals surface area contributed by atoms with E-state index in [2.05, 4.69) is 28.5 Å². The highest BCUT2D eigenvalue weighted by atomic mass is 35.5. The number of aromatic amines is 1. The molecule has 0 saturated carbocycles. The summed E-state index contributed by atoms with van der Waals surface area (Å²) < 4.78 is 0. The van der Waals surface area contributed by atoms with Gasteiger partial charge in [-0.3, -0.25) is 5.10 Å². The molecule has 2 aromatic rings. The molecule has 2 rings (SSSR count). The van der Waals surface area contributed by atoms with Gasteiger partial charge in [0.2, 0.25) is 0 Å². The van der Waals surface area contributed by atoms with E-state index in [4.69, 9.17) is 11.6 Å². The second-order valence-electron chi connectivity index (χ2n) is 3.98. The maximum atomic E-state index is 6.00. The molecule has 3 nitrogen and oxygen atoms in total. The minimum Gasteiger partial charge on any atom is -0.304 e. The van der Waals surface area contributed by atoms with Gasteiger partial charge in [-0.15, -0.1) is 0 Å². The number of nitrogens with one attached hydrogen (secondary N) is 2. The lowest BCUT2D eigenvalue weighted by atomic mass is 10.0. The molecule has 0 aliphatic rings. The fourth-order valence-electron chi connectivity index (χ4n) is 1.84. The molecule has 2 N–H and O–H groups in total. The predicted octanol–water partition coefficient (Wildman–Crippen LogP) is 3.30. The maximum Gasteiger partial charge on any atom is 0.0490 e. The summed E-state index contributed by atoms with van der Waals surface area (Å²) in [7, 11) is 0. The zero-order valence-corrected chi connectivity index (χ0v) is 10.5. The van der Waals surface area contributed by atoms with E-state index in [9.17, 15) is 0 Å². The van der Waals surface area contributed by atoms with Crippen LogP contribution in [-0.2, 0) is 6.54 Å². The molecule has 0 spiro atoms. The van der Waals surface area contributed by atoms with Crippen LogP contribution in [0.1, 0.15) is 30.6 Å². The standard InChI is InChI=1S/C13H16ClN3/c1-2-13(10-4-3-5-11(14)8-10)15-9-12-6-7-16-17-12/h3-8,13,15H,2,9H2,1H3,(H,16,17). The van der Waals surface area contributed by atoms with Crippen LogP contribution in [0.15, 0.2) is 36.5 Å². The molecule has 0 fully saturated rings. The van der Waals surface area contributed by atoms with Crippen molar-refractivity contribution in [3.8, 4) is 0 Å². The molecule has 4 heteroatoms. The lowest BCUT2D eigenvalue weighted by Crippen LogP contribution is -2.20. The summed E-state index contributed by atoms with van der Waals surface area (Å²) in [5.41, 5.74) is 2.31. The summed E-state index contributed by atoms with van der Waals surface area (Å²) in [6.45, 7) is 2.94. The first-order valence-electron chi connectivity index (χ1n) is 5.76. The van der Waals surface area contributed by atoms with Gasteiger partial charge in [-0.1, -0.05) is 30.7 Å². The molecule has 0 radical (unpaired) electrons. The Balaban J connectivity index is 2.01. The van der Waals surface area contributed by atoms with Crippen LogP contribution in [0.3, 0.4) is 0 Å². The first-order chi connectivity index (χ1) is 8.29. The van der Waals surface area contributed by atoms with Gasteiger partial charge in [0.25, 0.3) is 0 Å². The van der Waals surface area contributed by atoms with Crippen molar-refractivity contribution in [2.75, 3.05) is 0 Å². The van der Waals surface area contributed by atoms with Crippen molar-refractivity contribution in [3.05, 3.63) is 52.8 Å². The average molecular weight is 250 g/mol. The van der Waals surface area contributed by atoms with Crippen LogP contribution < -0.4 is 5.32 Å². The van der Waals surface area contributed by atoms with Gasteiger partial charge in [0.15, 0.2) is 0 Å². The van der Waals surface area contributed by atoms with Gasteiger partial charge in [-0.2, -0.15) is 5.10 Å². The van der Waals surface area contributed by atoms with Crippen LogP contribution in [-0.4, -0.2) is 10.2 Å². The largest absolute Gasteiger partial charge is 0.304 e. The van der Waals surface area contributed by atoms with E-state index < -0.39 is 0 Å². The minimum atomic E-state index is 0.317. The molecule has 0 amide bonds. The Morgan fingerprint density at radius 1 is 1.41 bits per heavy atom. The van der Waals surface area contributed by atoms with E-state index in [0.717, 1.165) is 23.7 Å². The summed E-state index contributed by atoms with van der Waals surface area (Å²) in [4.78, 5) is 0. The number of halogens is 1. The summed E-state index contributed by atoms with van der Waals surface area (Å²) in [5, 5.41) is 11.1. The SMILES string of the molecule is CCC(NCc1ccn[nH]1)c1cccc(Cl)c1. The van der Waals surface area contributed by atoms with Crippen molar-refractivity contribution in [2.24, 2.45) is 0 Å². The number of aromatic nitrogens is 2. The number of H-pyrrole nitrogens is 1. The van der Waals surface area contributed by atoms with E-state index in [-0.39, 0.29) is 0 Å². The second-order valence-corrected chi connectivity index (χ2v) is 4.42. The van der Waals surface area contributed by atoms with Crippen molar-refractivity contribution in [3.63, 3.8) is 0 Å². The minimum absolute atomic E-state index is 0.317. The lowest BCUT2D eigenvalue weighted by molar-refractivity contribution is 0.514. The molecule has 1 heterocycles. The van der Waals surface area contributed by atoms with Gasteiger partial charge in [0, 0.05) is 29.5 Å². The fourth-order valence-corrected chi connectivity index (χ4v) is 2.04. The third kappa shape index (κ3) is 3.32. The van der Waals surface area contributed by atoms with Crippen LogP contribution in [0.5, 0.6) is 0 Å². The predicted molar refractivity (Wildman–Crippen MR) is 69.9 cm³/mol. The van der Waals surface area contributed by atoms with E-state index in [0.29, 0.717) is 6.04 Å². The van der Waals surface area contributed by atoms with Gasteiger partial charge in [-0.25, -0.2) is 0 Å². The van der Waals surface area contributed by atoms with E-state index in [1.807, 2.05) is 24.3 Å². The van der Waals surface area contributed by atoms with Crippen LogP contribution in [0.4, 0.5) is 0 Å². The van der Waals surface area contributed by atoms with Crippen molar-refractivity contribution in [1.82, 2.24) is 15.5 Å². The molecular formula is C13H16ClN3. The number of hydrogen-bond acceptors (Lipinski definition) is 2. The van der Waals surface area contributed by atoms with E-state index in [1.165, 1.54) is 5.56 Å². The third-order valence-corrected chi connectivity index (χ3v) is 2.99. The van der Waals surface area contributed by atoms with Gasteiger partial charge in [-0.05, 0) is 30.2 Å². The molecule has 0 saturated heterocycles. The third-order valence-electron chi connectivity index (χ3n) is 2.76. The van der Waals surface area contributed by atoms with Crippen molar-refractivity contribution < 1.29 is 0 Å². The highest BCUT2D eigenvalue weighted by Crippen LogP contribution is 2.20. The molecule has 1 atom stereocenters. The smallest absolute Gasteiger partial charge is 0.0490 e. The molecule has 0 aliphatic heterocycles. The maximum absolute atomic E-state index is 6.00. The molecule has 1 unspecified atom stereocenters. The first kappa shape index (κ1) is 12.1. The van der Waals surface area contributed by atoms with Crippen LogP contribution in [0.2, 0.25) is 5.02 Å². The van der Waals surface area contributed by atoms with Crippen LogP contribution >= 0.6 is 11.6 Å². The number of rotatable bonds is 5. The van der Waals surface area contributed by atoms with E-state index in [1.54, 1.807) is 6.20 Å². The Morgan fingerprint density at radius 2 is 2.29 bits per heavy atom. The zero-order chi connectivity index (χ0) is 12.1. The average Bonchev–Trinajstić information content (AvgIpc) is 2.83. The lowest BCUT2D eigenvalue weighted by Gasteiger charge is -2.17. The van der Waals surface area contributed by atoms with Crippen molar-refractivity contribution in [1.29, 1.82) is 0 Å². The normalized spacial score (nSPS) is 12.6. The van der Waals surface area contributed by atoms with Gasteiger partial charge in [0.05, 0.1) is 0 Å². The van der Waals surface area contributed by atoms with Crippen molar-refractivity contribution in [2.45, 2.75) is 25.9 Å². The van der Waals surface area contributed by atoms with Gasteiger partial charge < -0.3 is 5.32 Å². The highest BCUT2D eigenvalue weighted by molar-refractivity contribution is 6.30. The Morgan fingerprint density at radius 3 is 2.94 bits per heavy atom. The van der Waals surface area contributed by atoms with Crippen molar-refractivity contribution >= 4 is 11.6 Å². The Hall–Kier alpha value is -1.32. The molecule has 90 valence electrons. The Labute approximate surface area is 106 Å². The Kier molecular flexibility index (Phi) is 4.18. The number of nitrogens with zero attached hydrogens (tertiary/aromatic N) is 1. The topological polar surface area (TPSA) is 40.7 Å². The molecular weight excluding hydrogens is 234 g/mol. The molecule has 17 heavy (non-hydrogen) atoms. The first-order valence-corrected chi connectivity index (χ1v) is 6.14. The highest BCUT2D eigenvalue weighted by Gasteiger charge is 2.09. The Bertz CT molecular complexity index is 453.